The van der Waals surface area contributed by atoms with Crippen LogP contribution in [0.1, 0.15) is 25.0 Å². The minimum absolute atomic E-state index is 0.0672. The number of thioether (sulfide) groups is 1. The highest BCUT2D eigenvalue weighted by Gasteiger charge is 2.35. The van der Waals surface area contributed by atoms with Crippen LogP contribution >= 0.6 is 23.4 Å². The lowest BCUT2D eigenvalue weighted by Crippen LogP contribution is -2.28. The maximum Gasteiger partial charge on any atom is 0.293 e. The van der Waals surface area contributed by atoms with E-state index in [0.29, 0.717) is 0 Å². The smallest absolute Gasteiger partial charge is 0.293 e. The fraction of sp³-hybridized carbons (Fsp3) is 0.200. The Bertz CT molecular complexity index is 892. The van der Waals surface area contributed by atoms with E-state index in [9.17, 15) is 14.0 Å². The van der Waals surface area contributed by atoms with Crippen LogP contribution < -0.4 is 4.74 Å². The molecular formula is C20H17ClFNO3S. The number of imide groups is 1. The summed E-state index contributed by atoms with van der Waals surface area (Å²) in [7, 11) is 0. The molecule has 1 aliphatic rings. The predicted molar refractivity (Wildman–Crippen MR) is 105 cm³/mol. The van der Waals surface area contributed by atoms with E-state index in [1.807, 2.05) is 13.8 Å². The quantitative estimate of drug-likeness (QED) is 0.616. The third kappa shape index (κ3) is 4.51. The van der Waals surface area contributed by atoms with Gasteiger partial charge in [-0.1, -0.05) is 29.8 Å². The fourth-order valence-electron chi connectivity index (χ4n) is 2.54. The van der Waals surface area contributed by atoms with Gasteiger partial charge in [-0.05, 0) is 61.5 Å². The summed E-state index contributed by atoms with van der Waals surface area (Å²) in [6.45, 7) is 3.67. The summed E-state index contributed by atoms with van der Waals surface area (Å²) in [5, 5.41) is -0.274. The van der Waals surface area contributed by atoms with E-state index < -0.39 is 17.0 Å². The Morgan fingerprint density at radius 1 is 1.19 bits per heavy atom. The molecule has 0 radical (unpaired) electrons. The first-order chi connectivity index (χ1) is 12.8. The van der Waals surface area contributed by atoms with Gasteiger partial charge < -0.3 is 4.74 Å². The largest absolute Gasteiger partial charge is 0.491 e. The molecule has 2 aromatic rings. The minimum atomic E-state index is -0.550. The van der Waals surface area contributed by atoms with Crippen molar-refractivity contribution in [3.63, 3.8) is 0 Å². The molecule has 1 saturated heterocycles. The van der Waals surface area contributed by atoms with Crippen molar-refractivity contribution in [3.05, 3.63) is 69.3 Å². The lowest BCUT2D eigenvalue weighted by Gasteiger charge is -2.14. The van der Waals surface area contributed by atoms with Gasteiger partial charge in [0.2, 0.25) is 0 Å². The number of benzene rings is 2. The fourth-order valence-corrected chi connectivity index (χ4v) is 3.61. The zero-order valence-corrected chi connectivity index (χ0v) is 16.3. The van der Waals surface area contributed by atoms with E-state index in [2.05, 4.69) is 0 Å². The number of hydrogen-bond donors (Lipinski definition) is 0. The summed E-state index contributed by atoms with van der Waals surface area (Å²) >= 11 is 6.82. The summed E-state index contributed by atoms with van der Waals surface area (Å²) in [6.07, 6.45) is 1.70. The highest BCUT2D eigenvalue weighted by atomic mass is 35.5. The van der Waals surface area contributed by atoms with Crippen LogP contribution in [0.25, 0.3) is 6.08 Å². The number of carbonyl (C=O) groups is 2. The van der Waals surface area contributed by atoms with Crippen LogP contribution in [0.15, 0.2) is 47.4 Å². The third-order valence-corrected chi connectivity index (χ3v) is 5.06. The molecule has 0 N–H and O–H groups in total. The second kappa shape index (κ2) is 8.15. The first-order valence-electron chi connectivity index (χ1n) is 8.30. The second-order valence-electron chi connectivity index (χ2n) is 6.20. The molecule has 0 aliphatic carbocycles. The van der Waals surface area contributed by atoms with Crippen molar-refractivity contribution in [2.24, 2.45) is 0 Å². The number of hydrogen-bond acceptors (Lipinski definition) is 4. The average Bonchev–Trinajstić information content (AvgIpc) is 2.86. The lowest BCUT2D eigenvalue weighted by molar-refractivity contribution is -0.123. The van der Waals surface area contributed by atoms with Crippen LogP contribution in [0.3, 0.4) is 0 Å². The van der Waals surface area contributed by atoms with Crippen molar-refractivity contribution in [2.75, 3.05) is 0 Å². The molecule has 4 nitrogen and oxygen atoms in total. The molecule has 2 aromatic carbocycles. The van der Waals surface area contributed by atoms with Gasteiger partial charge in [0.25, 0.3) is 11.1 Å². The molecule has 0 aromatic heterocycles. The molecule has 2 amide bonds. The third-order valence-electron chi connectivity index (χ3n) is 3.80. The number of carbonyl (C=O) groups excluding carboxylic acids is 2. The van der Waals surface area contributed by atoms with Crippen molar-refractivity contribution in [1.82, 2.24) is 4.90 Å². The van der Waals surface area contributed by atoms with Crippen LogP contribution in [-0.2, 0) is 11.3 Å². The van der Waals surface area contributed by atoms with Gasteiger partial charge in [-0.3, -0.25) is 14.5 Å². The Balaban J connectivity index is 1.78. The SMILES string of the molecule is CC(C)Oc1ccc(/C=C2\SC(=O)N(Cc3c(F)cccc3Cl)C2=O)cc1. The molecule has 7 heteroatoms. The van der Waals surface area contributed by atoms with Gasteiger partial charge in [-0.2, -0.15) is 0 Å². The topological polar surface area (TPSA) is 46.6 Å². The van der Waals surface area contributed by atoms with E-state index in [-0.39, 0.29) is 28.1 Å². The molecule has 1 heterocycles. The minimum Gasteiger partial charge on any atom is -0.491 e. The van der Waals surface area contributed by atoms with Gasteiger partial charge in [-0.25, -0.2) is 4.39 Å². The number of halogens is 2. The molecule has 0 saturated carbocycles. The Morgan fingerprint density at radius 3 is 2.52 bits per heavy atom. The molecule has 0 atom stereocenters. The summed E-state index contributed by atoms with van der Waals surface area (Å²) < 4.78 is 19.5. The number of ether oxygens (including phenoxy) is 1. The predicted octanol–water partition coefficient (Wildman–Crippen LogP) is 5.50. The lowest BCUT2D eigenvalue weighted by atomic mass is 10.2. The maximum atomic E-state index is 14.0. The van der Waals surface area contributed by atoms with Crippen LogP contribution in [0.4, 0.5) is 9.18 Å². The summed E-state index contributed by atoms with van der Waals surface area (Å²) in [6, 6.07) is 11.5. The summed E-state index contributed by atoms with van der Waals surface area (Å²) in [4.78, 5) is 26.1. The van der Waals surface area contributed by atoms with Crippen LogP contribution in [-0.4, -0.2) is 22.2 Å². The van der Waals surface area contributed by atoms with E-state index in [4.69, 9.17) is 16.3 Å². The zero-order chi connectivity index (χ0) is 19.6. The molecule has 140 valence electrons. The molecular weight excluding hydrogens is 389 g/mol. The number of rotatable bonds is 5. The highest BCUT2D eigenvalue weighted by molar-refractivity contribution is 8.18. The maximum absolute atomic E-state index is 14.0. The van der Waals surface area contributed by atoms with Crippen molar-refractivity contribution in [3.8, 4) is 5.75 Å². The van der Waals surface area contributed by atoms with E-state index in [1.54, 1.807) is 30.3 Å². The van der Waals surface area contributed by atoms with Gasteiger partial charge in [0, 0.05) is 10.6 Å². The van der Waals surface area contributed by atoms with Crippen molar-refractivity contribution < 1.29 is 18.7 Å². The average molecular weight is 406 g/mol. The van der Waals surface area contributed by atoms with E-state index >= 15 is 0 Å². The van der Waals surface area contributed by atoms with Crippen LogP contribution in [0.2, 0.25) is 5.02 Å². The molecule has 0 bridgehead atoms. The number of amides is 2. The Morgan fingerprint density at radius 2 is 1.89 bits per heavy atom. The van der Waals surface area contributed by atoms with Gasteiger partial charge in [0.05, 0.1) is 17.6 Å². The van der Waals surface area contributed by atoms with Crippen LogP contribution in [0, 0.1) is 5.82 Å². The van der Waals surface area contributed by atoms with E-state index in [0.717, 1.165) is 28.0 Å². The number of nitrogens with zero attached hydrogens (tertiary/aromatic N) is 1. The first-order valence-corrected chi connectivity index (χ1v) is 9.49. The van der Waals surface area contributed by atoms with Crippen molar-refractivity contribution in [2.45, 2.75) is 26.5 Å². The summed E-state index contributed by atoms with van der Waals surface area (Å²) in [5.74, 6) is -0.289. The second-order valence-corrected chi connectivity index (χ2v) is 7.60. The molecule has 3 rings (SSSR count). The van der Waals surface area contributed by atoms with Crippen LogP contribution in [0.5, 0.6) is 5.75 Å². The zero-order valence-electron chi connectivity index (χ0n) is 14.7. The highest BCUT2D eigenvalue weighted by Crippen LogP contribution is 2.34. The molecule has 0 spiro atoms. The first kappa shape index (κ1) is 19.5. The van der Waals surface area contributed by atoms with Gasteiger partial charge in [0.1, 0.15) is 11.6 Å². The molecule has 1 aliphatic heterocycles. The Labute approximate surface area is 166 Å². The molecule has 1 fully saturated rings. The molecule has 27 heavy (non-hydrogen) atoms. The Kier molecular flexibility index (Phi) is 5.87. The van der Waals surface area contributed by atoms with E-state index in [1.165, 1.54) is 18.2 Å². The van der Waals surface area contributed by atoms with Gasteiger partial charge >= 0.3 is 0 Å². The van der Waals surface area contributed by atoms with Gasteiger partial charge in [0.15, 0.2) is 0 Å². The van der Waals surface area contributed by atoms with Gasteiger partial charge in [-0.15, -0.1) is 0 Å². The summed E-state index contributed by atoms with van der Waals surface area (Å²) in [5.41, 5.74) is 0.887. The normalized spacial score (nSPS) is 15.9. The molecule has 0 unspecified atom stereocenters. The monoisotopic (exact) mass is 405 g/mol. The standard InChI is InChI=1S/C20H17ClFNO3S/c1-12(2)26-14-8-6-13(7-9-14)10-18-19(24)23(20(25)27-18)11-15-16(21)4-3-5-17(15)22/h3-10,12H,11H2,1-2H3/b18-10-. The Hall–Kier alpha value is -2.31. The van der Waals surface area contributed by atoms with Crippen molar-refractivity contribution in [1.29, 1.82) is 0 Å². The van der Waals surface area contributed by atoms with Crippen molar-refractivity contribution >= 4 is 40.6 Å².